The van der Waals surface area contributed by atoms with Crippen molar-refractivity contribution in [2.45, 2.75) is 24.3 Å². The van der Waals surface area contributed by atoms with Crippen molar-refractivity contribution in [1.29, 1.82) is 0 Å². The summed E-state index contributed by atoms with van der Waals surface area (Å²) in [6.07, 6.45) is 1.81. The molecule has 1 saturated heterocycles. The van der Waals surface area contributed by atoms with Crippen molar-refractivity contribution < 1.29 is 13.5 Å². The number of benzene rings is 1. The molecular weight excluding hydrogens is 304 g/mol. The van der Waals surface area contributed by atoms with Crippen molar-refractivity contribution in [2.24, 2.45) is 0 Å². The molecule has 5 heteroatoms. The van der Waals surface area contributed by atoms with Crippen molar-refractivity contribution >= 4 is 21.6 Å². The van der Waals surface area contributed by atoms with E-state index in [1.54, 1.807) is 12.0 Å². The molecule has 2 rings (SSSR count). The number of rotatable bonds is 3. The highest BCUT2D eigenvalue weighted by molar-refractivity contribution is 9.08. The largest absolute Gasteiger partial charge is 0.381 e. The van der Waals surface area contributed by atoms with Gasteiger partial charge in [0, 0.05) is 25.5 Å². The number of methoxy groups -OCH3 is 1. The Kier molecular flexibility index (Phi) is 4.56. The predicted octanol–water partition coefficient (Wildman–Crippen LogP) is 3.47. The van der Waals surface area contributed by atoms with Crippen LogP contribution in [-0.4, -0.2) is 26.3 Å². The number of piperidine rings is 1. The van der Waals surface area contributed by atoms with Gasteiger partial charge in [-0.05, 0) is 30.5 Å². The molecule has 1 heterocycles. The van der Waals surface area contributed by atoms with Crippen LogP contribution in [-0.2, 0) is 10.1 Å². The van der Waals surface area contributed by atoms with Gasteiger partial charge >= 0.3 is 0 Å². The quantitative estimate of drug-likeness (QED) is 0.791. The van der Waals surface area contributed by atoms with Gasteiger partial charge in [0.2, 0.25) is 0 Å². The molecule has 2 nitrogen and oxygen atoms in total. The molecule has 0 atom stereocenters. The summed E-state index contributed by atoms with van der Waals surface area (Å²) < 4.78 is 33.1. The zero-order valence-electron chi connectivity index (χ0n) is 10.3. The summed E-state index contributed by atoms with van der Waals surface area (Å²) in [6, 6.07) is 2.77. The number of hydrogen-bond acceptors (Lipinski definition) is 2. The van der Waals surface area contributed by atoms with E-state index in [4.69, 9.17) is 4.74 Å². The summed E-state index contributed by atoms with van der Waals surface area (Å²) in [7, 11) is 1.67. The lowest BCUT2D eigenvalue weighted by Crippen LogP contribution is -2.37. The fourth-order valence-electron chi connectivity index (χ4n) is 2.31. The van der Waals surface area contributed by atoms with Gasteiger partial charge < -0.3 is 9.64 Å². The van der Waals surface area contributed by atoms with Gasteiger partial charge in [0.15, 0.2) is 0 Å². The van der Waals surface area contributed by atoms with Gasteiger partial charge in [0.1, 0.15) is 17.3 Å². The van der Waals surface area contributed by atoms with Crippen molar-refractivity contribution in [1.82, 2.24) is 0 Å². The van der Waals surface area contributed by atoms with E-state index in [9.17, 15) is 8.78 Å². The van der Waals surface area contributed by atoms with Gasteiger partial charge in [-0.2, -0.15) is 0 Å². The second-order valence-electron chi connectivity index (χ2n) is 4.46. The average molecular weight is 320 g/mol. The minimum atomic E-state index is -0.486. The summed E-state index contributed by atoms with van der Waals surface area (Å²) >= 11 is 3.20. The average Bonchev–Trinajstić information content (AvgIpc) is 2.38. The van der Waals surface area contributed by atoms with E-state index in [-0.39, 0.29) is 11.8 Å². The monoisotopic (exact) mass is 319 g/mol. The van der Waals surface area contributed by atoms with E-state index in [2.05, 4.69) is 15.9 Å². The van der Waals surface area contributed by atoms with Crippen molar-refractivity contribution in [3.05, 3.63) is 29.3 Å². The molecule has 0 aliphatic carbocycles. The summed E-state index contributed by atoms with van der Waals surface area (Å²) in [4.78, 5) is 1.76. The molecule has 0 radical (unpaired) electrons. The highest BCUT2D eigenvalue weighted by atomic mass is 79.9. The first-order valence-electron chi connectivity index (χ1n) is 5.97. The first kappa shape index (κ1) is 13.7. The molecule has 0 aromatic heterocycles. The van der Waals surface area contributed by atoms with Crippen LogP contribution in [0.4, 0.5) is 14.5 Å². The predicted molar refractivity (Wildman–Crippen MR) is 71.2 cm³/mol. The van der Waals surface area contributed by atoms with Crippen LogP contribution in [0.1, 0.15) is 18.4 Å². The normalized spacial score (nSPS) is 17.2. The summed E-state index contributed by atoms with van der Waals surface area (Å²) in [5.74, 6) is -0.972. The molecule has 1 aliphatic rings. The summed E-state index contributed by atoms with van der Waals surface area (Å²) in [6.45, 7) is 1.25. The molecule has 1 fully saturated rings. The van der Waals surface area contributed by atoms with Gasteiger partial charge in [0.25, 0.3) is 0 Å². The van der Waals surface area contributed by atoms with Crippen LogP contribution in [0, 0.1) is 11.6 Å². The smallest absolute Gasteiger partial charge is 0.149 e. The molecule has 0 bridgehead atoms. The third-order valence-corrected chi connectivity index (χ3v) is 3.97. The molecule has 0 N–H and O–H groups in total. The summed E-state index contributed by atoms with van der Waals surface area (Å²) in [5, 5.41) is 0.451. The highest BCUT2D eigenvalue weighted by Crippen LogP contribution is 2.28. The van der Waals surface area contributed by atoms with Crippen LogP contribution in [0.5, 0.6) is 0 Å². The Hall–Kier alpha value is -0.680. The van der Waals surface area contributed by atoms with Gasteiger partial charge in [0.05, 0.1) is 6.10 Å². The maximum absolute atomic E-state index is 13.9. The maximum Gasteiger partial charge on any atom is 0.149 e. The summed E-state index contributed by atoms with van der Waals surface area (Å²) in [5.41, 5.74) is 0.704. The number of nitrogens with zero attached hydrogens (tertiary/aromatic N) is 1. The highest BCUT2D eigenvalue weighted by Gasteiger charge is 2.23. The molecule has 0 saturated carbocycles. The standard InChI is InChI=1S/C13H16BrF2NO/c1-18-10-2-4-17(5-3-10)13-11(15)6-9(8-14)7-12(13)16/h6-7,10H,2-5,8H2,1H3. The first-order valence-corrected chi connectivity index (χ1v) is 7.09. The Morgan fingerprint density at radius 3 is 2.28 bits per heavy atom. The Balaban J connectivity index is 2.19. The topological polar surface area (TPSA) is 12.5 Å². The van der Waals surface area contributed by atoms with Crippen LogP contribution in [0.3, 0.4) is 0 Å². The van der Waals surface area contributed by atoms with Crippen LogP contribution in [0.2, 0.25) is 0 Å². The molecule has 1 aromatic carbocycles. The fourth-order valence-corrected chi connectivity index (χ4v) is 2.64. The minimum Gasteiger partial charge on any atom is -0.381 e. The third kappa shape index (κ3) is 2.83. The van der Waals surface area contributed by atoms with Gasteiger partial charge in [-0.3, -0.25) is 0 Å². The number of anilines is 1. The second kappa shape index (κ2) is 5.97. The number of ether oxygens (including phenoxy) is 1. The van der Waals surface area contributed by atoms with Crippen molar-refractivity contribution in [3.63, 3.8) is 0 Å². The Morgan fingerprint density at radius 1 is 1.28 bits per heavy atom. The number of halogens is 3. The van der Waals surface area contributed by atoms with E-state index in [1.807, 2.05) is 0 Å². The fraction of sp³-hybridized carbons (Fsp3) is 0.538. The Morgan fingerprint density at radius 2 is 1.83 bits per heavy atom. The molecule has 1 aliphatic heterocycles. The van der Waals surface area contributed by atoms with Crippen LogP contribution in [0.25, 0.3) is 0 Å². The molecule has 100 valence electrons. The molecule has 0 spiro atoms. The third-order valence-electron chi connectivity index (χ3n) is 3.32. The van der Waals surface area contributed by atoms with Crippen molar-refractivity contribution in [2.75, 3.05) is 25.1 Å². The SMILES string of the molecule is COC1CCN(c2c(F)cc(CBr)cc2F)CC1. The van der Waals surface area contributed by atoms with Crippen molar-refractivity contribution in [3.8, 4) is 0 Å². The molecule has 0 amide bonds. The van der Waals surface area contributed by atoms with Crippen LogP contribution < -0.4 is 4.90 Å². The second-order valence-corrected chi connectivity index (χ2v) is 5.02. The zero-order valence-corrected chi connectivity index (χ0v) is 11.8. The lowest BCUT2D eigenvalue weighted by Gasteiger charge is -2.33. The van der Waals surface area contributed by atoms with E-state index in [0.29, 0.717) is 24.0 Å². The van der Waals surface area contributed by atoms with E-state index >= 15 is 0 Å². The zero-order chi connectivity index (χ0) is 13.1. The van der Waals surface area contributed by atoms with Crippen LogP contribution in [0.15, 0.2) is 12.1 Å². The van der Waals surface area contributed by atoms with Gasteiger partial charge in [-0.1, -0.05) is 15.9 Å². The molecular formula is C13H16BrF2NO. The molecule has 1 aromatic rings. The Bertz CT molecular complexity index is 396. The minimum absolute atomic E-state index is 0.0919. The van der Waals surface area contributed by atoms with Gasteiger partial charge in [-0.25, -0.2) is 8.78 Å². The number of alkyl halides is 1. The lowest BCUT2D eigenvalue weighted by molar-refractivity contribution is 0.0817. The van der Waals surface area contributed by atoms with E-state index in [0.717, 1.165) is 12.8 Å². The van der Waals surface area contributed by atoms with Crippen LogP contribution >= 0.6 is 15.9 Å². The first-order chi connectivity index (χ1) is 8.65. The van der Waals surface area contributed by atoms with Gasteiger partial charge in [-0.15, -0.1) is 0 Å². The lowest BCUT2D eigenvalue weighted by atomic mass is 10.1. The molecule has 18 heavy (non-hydrogen) atoms. The number of hydrogen-bond donors (Lipinski definition) is 0. The van der Waals surface area contributed by atoms with E-state index in [1.165, 1.54) is 12.1 Å². The van der Waals surface area contributed by atoms with E-state index < -0.39 is 11.6 Å². The Labute approximate surface area is 114 Å². The molecule has 0 unspecified atom stereocenters. The maximum atomic E-state index is 13.9.